The van der Waals surface area contributed by atoms with E-state index in [0.29, 0.717) is 34.7 Å². The molecule has 1 fully saturated rings. The highest BCUT2D eigenvalue weighted by molar-refractivity contribution is 6.09. The molecule has 4 aromatic carbocycles. The minimum Gasteiger partial charge on any atom is -0.463 e. The first-order valence-corrected chi connectivity index (χ1v) is 16.7. The third-order valence-corrected chi connectivity index (χ3v) is 9.10. The smallest absolute Gasteiger partial charge is 0.258 e. The Morgan fingerprint density at radius 2 is 1.56 bits per heavy atom. The molecule has 0 bridgehead atoms. The Labute approximate surface area is 284 Å². The molecular weight excluding hydrogens is 600 g/mol. The number of aryl methyl sites for hydroxylation is 2. The van der Waals surface area contributed by atoms with Gasteiger partial charge < -0.3 is 19.9 Å². The number of likely N-dealkylation sites (N-methyl/N-ethyl adjacent to an activating group) is 1. The van der Waals surface area contributed by atoms with E-state index in [0.717, 1.165) is 67.6 Å². The lowest BCUT2D eigenvalue weighted by Gasteiger charge is -2.44. The van der Waals surface area contributed by atoms with Crippen molar-refractivity contribution in [3.8, 4) is 16.9 Å². The maximum absolute atomic E-state index is 13.8. The lowest BCUT2D eigenvalue weighted by Crippen LogP contribution is -2.60. The van der Waals surface area contributed by atoms with Crippen LogP contribution in [0.1, 0.15) is 58.0 Å². The molecule has 2 amide bonds. The normalized spacial score (nSPS) is 14.9. The van der Waals surface area contributed by atoms with Crippen LogP contribution in [-0.4, -0.2) is 73.9 Å². The van der Waals surface area contributed by atoms with Crippen LogP contribution in [0.25, 0.3) is 11.1 Å². The second-order valence-electron chi connectivity index (χ2n) is 12.7. The highest BCUT2D eigenvalue weighted by atomic mass is 16.5. The van der Waals surface area contributed by atoms with E-state index in [-0.39, 0.29) is 11.8 Å². The van der Waals surface area contributed by atoms with Crippen LogP contribution in [0, 0.1) is 13.8 Å². The van der Waals surface area contributed by atoms with Crippen LogP contribution < -0.4 is 15.0 Å². The highest BCUT2D eigenvalue weighted by Gasteiger charge is 2.40. The second kappa shape index (κ2) is 15.4. The summed E-state index contributed by atoms with van der Waals surface area (Å²) < 4.78 is 6.70. The van der Waals surface area contributed by atoms with E-state index >= 15 is 0 Å². The third-order valence-electron chi connectivity index (χ3n) is 9.10. The van der Waals surface area contributed by atoms with E-state index in [1.54, 1.807) is 36.2 Å². The first-order chi connectivity index (χ1) is 23.1. The molecule has 1 heterocycles. The standard InChI is InChI=1S/C40H46N4O4/c1-6-7-22-40(28-45,44-25-23-42(4)24-26-44)48-37-27-30(3)14-21-36(37)43(5)39(47)32-17-19-33(20-18-32)41-38(46)35-11-9-8-10-34(35)31-15-12-29(2)13-16-31/h8-21,27-28H,6-7,22-26H2,1-5H3,(H,41,46). The minimum absolute atomic E-state index is 0.231. The number of piperazine rings is 1. The number of nitrogens with one attached hydrogen (secondary N) is 1. The van der Waals surface area contributed by atoms with Gasteiger partial charge in [0, 0.05) is 56.5 Å². The van der Waals surface area contributed by atoms with Gasteiger partial charge in [0.15, 0.2) is 6.29 Å². The molecule has 8 nitrogen and oxygen atoms in total. The number of benzene rings is 4. The monoisotopic (exact) mass is 646 g/mol. The van der Waals surface area contributed by atoms with Gasteiger partial charge in [-0.15, -0.1) is 0 Å². The minimum atomic E-state index is -1.12. The molecule has 0 spiro atoms. The van der Waals surface area contributed by atoms with E-state index in [1.165, 1.54) is 0 Å². The van der Waals surface area contributed by atoms with Gasteiger partial charge in [0.25, 0.3) is 11.8 Å². The molecule has 48 heavy (non-hydrogen) atoms. The zero-order chi connectivity index (χ0) is 34.3. The summed E-state index contributed by atoms with van der Waals surface area (Å²) in [7, 11) is 3.79. The molecule has 0 saturated carbocycles. The van der Waals surface area contributed by atoms with Gasteiger partial charge in [0.2, 0.25) is 5.72 Å². The Bertz CT molecular complexity index is 1730. The fraction of sp³-hybridized carbons (Fsp3) is 0.325. The maximum Gasteiger partial charge on any atom is 0.258 e. The molecule has 1 unspecified atom stereocenters. The molecule has 1 saturated heterocycles. The number of rotatable bonds is 12. The van der Waals surface area contributed by atoms with Crippen LogP contribution in [0.5, 0.6) is 5.75 Å². The van der Waals surface area contributed by atoms with Crippen molar-refractivity contribution in [3.05, 3.63) is 113 Å². The summed E-state index contributed by atoms with van der Waals surface area (Å²) in [6.45, 7) is 9.23. The van der Waals surface area contributed by atoms with Gasteiger partial charge in [-0.05, 0) is 86.5 Å². The van der Waals surface area contributed by atoms with Crippen molar-refractivity contribution in [1.29, 1.82) is 0 Å². The largest absolute Gasteiger partial charge is 0.463 e. The number of unbranched alkanes of at least 4 members (excludes halogenated alkanes) is 1. The van der Waals surface area contributed by atoms with Gasteiger partial charge in [-0.3, -0.25) is 19.3 Å². The van der Waals surface area contributed by atoms with Gasteiger partial charge in [-0.25, -0.2) is 0 Å². The average Bonchev–Trinajstić information content (AvgIpc) is 3.10. The Kier molecular flexibility index (Phi) is 11.1. The molecule has 1 N–H and O–H groups in total. The number of aldehydes is 1. The van der Waals surface area contributed by atoms with Gasteiger partial charge in [0.05, 0.1) is 5.69 Å². The molecule has 1 aliphatic rings. The van der Waals surface area contributed by atoms with Crippen molar-refractivity contribution in [2.75, 3.05) is 50.5 Å². The summed E-state index contributed by atoms with van der Waals surface area (Å²) in [6.07, 6.45) is 3.27. The number of ether oxygens (including phenoxy) is 1. The van der Waals surface area contributed by atoms with Gasteiger partial charge in [-0.2, -0.15) is 0 Å². The average molecular weight is 647 g/mol. The van der Waals surface area contributed by atoms with E-state index < -0.39 is 5.72 Å². The fourth-order valence-electron chi connectivity index (χ4n) is 6.08. The summed E-state index contributed by atoms with van der Waals surface area (Å²) in [5.74, 6) is 0.0196. The van der Waals surface area contributed by atoms with Crippen molar-refractivity contribution in [2.24, 2.45) is 0 Å². The molecule has 1 atom stereocenters. The summed E-state index contributed by atoms with van der Waals surface area (Å²) in [5, 5.41) is 2.98. The molecule has 0 aromatic heterocycles. The van der Waals surface area contributed by atoms with Crippen LogP contribution in [0.2, 0.25) is 0 Å². The number of anilines is 2. The summed E-state index contributed by atoms with van der Waals surface area (Å²) in [5.41, 5.74) is 4.98. The van der Waals surface area contributed by atoms with Crippen LogP contribution in [-0.2, 0) is 4.79 Å². The zero-order valence-electron chi connectivity index (χ0n) is 28.7. The Morgan fingerprint density at radius 3 is 2.23 bits per heavy atom. The van der Waals surface area contributed by atoms with Crippen LogP contribution in [0.4, 0.5) is 11.4 Å². The number of carbonyl (C=O) groups excluding carboxylic acids is 3. The van der Waals surface area contributed by atoms with Crippen molar-refractivity contribution in [2.45, 2.75) is 45.8 Å². The number of hydrogen-bond acceptors (Lipinski definition) is 6. The number of nitrogens with zero attached hydrogens (tertiary/aromatic N) is 3. The lowest BCUT2D eigenvalue weighted by atomic mass is 9.98. The third kappa shape index (κ3) is 7.84. The summed E-state index contributed by atoms with van der Waals surface area (Å²) in [4.78, 5) is 45.9. The van der Waals surface area contributed by atoms with Crippen molar-refractivity contribution < 1.29 is 19.1 Å². The van der Waals surface area contributed by atoms with Crippen molar-refractivity contribution in [1.82, 2.24) is 9.80 Å². The van der Waals surface area contributed by atoms with E-state index in [9.17, 15) is 14.4 Å². The van der Waals surface area contributed by atoms with Gasteiger partial charge in [-0.1, -0.05) is 67.4 Å². The number of carbonyl (C=O) groups is 3. The SMILES string of the molecule is CCCCC(C=O)(Oc1cc(C)ccc1N(C)C(=O)c1ccc(NC(=O)c2ccccc2-c2ccc(C)cc2)cc1)N1CCN(C)CC1. The molecule has 5 rings (SSSR count). The predicted octanol–water partition coefficient (Wildman–Crippen LogP) is 7.21. The molecule has 0 radical (unpaired) electrons. The topological polar surface area (TPSA) is 82.2 Å². The second-order valence-corrected chi connectivity index (χ2v) is 12.7. The number of amides is 2. The predicted molar refractivity (Wildman–Crippen MR) is 193 cm³/mol. The summed E-state index contributed by atoms with van der Waals surface area (Å²) >= 11 is 0. The Balaban J connectivity index is 1.34. The Hall–Kier alpha value is -4.79. The van der Waals surface area contributed by atoms with Gasteiger partial charge in [0.1, 0.15) is 5.75 Å². The van der Waals surface area contributed by atoms with Crippen molar-refractivity contribution >= 4 is 29.5 Å². The molecular formula is C40H46N4O4. The summed E-state index contributed by atoms with van der Waals surface area (Å²) in [6, 6.07) is 28.2. The van der Waals surface area contributed by atoms with Gasteiger partial charge >= 0.3 is 0 Å². The molecule has 4 aromatic rings. The maximum atomic E-state index is 13.8. The molecule has 1 aliphatic heterocycles. The van der Waals surface area contributed by atoms with Crippen molar-refractivity contribution in [3.63, 3.8) is 0 Å². The van der Waals surface area contributed by atoms with Crippen LogP contribution in [0.3, 0.4) is 0 Å². The van der Waals surface area contributed by atoms with E-state index in [2.05, 4.69) is 29.1 Å². The first-order valence-electron chi connectivity index (χ1n) is 16.7. The highest BCUT2D eigenvalue weighted by Crippen LogP contribution is 2.35. The van der Waals surface area contributed by atoms with E-state index in [4.69, 9.17) is 4.74 Å². The Morgan fingerprint density at radius 1 is 0.896 bits per heavy atom. The lowest BCUT2D eigenvalue weighted by molar-refractivity contribution is -0.146. The van der Waals surface area contributed by atoms with Crippen LogP contribution >= 0.6 is 0 Å². The van der Waals surface area contributed by atoms with Crippen LogP contribution in [0.15, 0.2) is 91.0 Å². The molecule has 0 aliphatic carbocycles. The molecule has 8 heteroatoms. The fourth-order valence-corrected chi connectivity index (χ4v) is 6.08. The number of hydrogen-bond donors (Lipinski definition) is 1. The zero-order valence-corrected chi connectivity index (χ0v) is 28.7. The van der Waals surface area contributed by atoms with E-state index in [1.807, 2.05) is 80.6 Å². The first kappa shape index (κ1) is 34.5. The molecule has 250 valence electrons. The quantitative estimate of drug-likeness (QED) is 0.164.